The molecule has 0 spiro atoms. The number of benzene rings is 1. The van der Waals surface area contributed by atoms with Crippen LogP contribution in [0.2, 0.25) is 5.02 Å². The van der Waals surface area contributed by atoms with E-state index in [0.29, 0.717) is 29.2 Å². The summed E-state index contributed by atoms with van der Waals surface area (Å²) in [6.07, 6.45) is 1.05. The van der Waals surface area contributed by atoms with Gasteiger partial charge < -0.3 is 9.84 Å². The highest BCUT2D eigenvalue weighted by Gasteiger charge is 2.13. The molecule has 1 atom stereocenters. The SMILES string of the molecule is CC(C)CC(C)COc1ccc(Cl)cc1C(=O)O. The third-order valence-corrected chi connectivity index (χ3v) is 2.80. The van der Waals surface area contributed by atoms with E-state index in [4.69, 9.17) is 21.4 Å². The lowest BCUT2D eigenvalue weighted by molar-refractivity contribution is 0.0691. The summed E-state index contributed by atoms with van der Waals surface area (Å²) in [5.74, 6) is 0.349. The second-order valence-corrected chi connectivity index (χ2v) is 5.43. The first-order valence-corrected chi connectivity index (χ1v) is 6.43. The van der Waals surface area contributed by atoms with Crippen LogP contribution in [0, 0.1) is 11.8 Å². The van der Waals surface area contributed by atoms with Gasteiger partial charge in [0.2, 0.25) is 0 Å². The lowest BCUT2D eigenvalue weighted by atomic mass is 10.00. The van der Waals surface area contributed by atoms with Crippen LogP contribution in [0.25, 0.3) is 0 Å². The number of carboxylic acid groups (broad SMARTS) is 1. The smallest absolute Gasteiger partial charge is 0.339 e. The van der Waals surface area contributed by atoms with E-state index in [1.54, 1.807) is 12.1 Å². The van der Waals surface area contributed by atoms with E-state index < -0.39 is 5.97 Å². The second-order valence-electron chi connectivity index (χ2n) is 4.99. The molecule has 1 aromatic rings. The van der Waals surface area contributed by atoms with Crippen LogP contribution in [0.3, 0.4) is 0 Å². The Bertz CT molecular complexity index is 416. The van der Waals surface area contributed by atoms with Crippen LogP contribution < -0.4 is 4.74 Å². The molecule has 0 bridgehead atoms. The highest BCUT2D eigenvalue weighted by atomic mass is 35.5. The first-order chi connectivity index (χ1) is 8.40. The summed E-state index contributed by atoms with van der Waals surface area (Å²) >= 11 is 5.77. The maximum Gasteiger partial charge on any atom is 0.339 e. The minimum absolute atomic E-state index is 0.110. The van der Waals surface area contributed by atoms with Gasteiger partial charge in [0.15, 0.2) is 0 Å². The summed E-state index contributed by atoms with van der Waals surface area (Å²) in [5, 5.41) is 9.46. The molecule has 0 aliphatic heterocycles. The van der Waals surface area contributed by atoms with Crippen molar-refractivity contribution in [1.29, 1.82) is 0 Å². The Morgan fingerprint density at radius 3 is 2.61 bits per heavy atom. The molecule has 0 saturated carbocycles. The Hall–Kier alpha value is -1.22. The first-order valence-electron chi connectivity index (χ1n) is 6.05. The quantitative estimate of drug-likeness (QED) is 0.846. The van der Waals surface area contributed by atoms with Gasteiger partial charge in [0.1, 0.15) is 11.3 Å². The van der Waals surface area contributed by atoms with Crippen LogP contribution >= 0.6 is 11.6 Å². The van der Waals surface area contributed by atoms with Crippen molar-refractivity contribution in [2.45, 2.75) is 27.2 Å². The molecule has 0 amide bonds. The van der Waals surface area contributed by atoms with E-state index in [9.17, 15) is 4.79 Å². The van der Waals surface area contributed by atoms with Gasteiger partial charge in [-0.1, -0.05) is 32.4 Å². The molecule has 1 N–H and O–H groups in total. The monoisotopic (exact) mass is 270 g/mol. The van der Waals surface area contributed by atoms with E-state index in [2.05, 4.69) is 20.8 Å². The highest BCUT2D eigenvalue weighted by molar-refractivity contribution is 6.31. The summed E-state index contributed by atoms with van der Waals surface area (Å²) in [6, 6.07) is 4.65. The van der Waals surface area contributed by atoms with Crippen LogP contribution in [0.4, 0.5) is 0 Å². The molecular weight excluding hydrogens is 252 g/mol. The normalized spacial score (nSPS) is 12.5. The summed E-state index contributed by atoms with van der Waals surface area (Å²) in [7, 11) is 0. The number of hydrogen-bond donors (Lipinski definition) is 1. The average molecular weight is 271 g/mol. The molecule has 100 valence electrons. The molecule has 0 aliphatic rings. The number of aromatic carboxylic acids is 1. The fourth-order valence-corrected chi connectivity index (χ4v) is 2.07. The number of hydrogen-bond acceptors (Lipinski definition) is 2. The zero-order valence-corrected chi connectivity index (χ0v) is 11.7. The molecule has 0 saturated heterocycles. The third kappa shape index (κ3) is 4.57. The van der Waals surface area contributed by atoms with Crippen molar-refractivity contribution in [1.82, 2.24) is 0 Å². The van der Waals surface area contributed by atoms with Gasteiger partial charge in [-0.25, -0.2) is 4.79 Å². The largest absolute Gasteiger partial charge is 0.492 e. The molecule has 1 aromatic carbocycles. The van der Waals surface area contributed by atoms with Gasteiger partial charge in [0.05, 0.1) is 6.61 Å². The number of rotatable bonds is 6. The lowest BCUT2D eigenvalue weighted by Crippen LogP contribution is -2.12. The van der Waals surface area contributed by atoms with Crippen molar-refractivity contribution < 1.29 is 14.6 Å². The zero-order chi connectivity index (χ0) is 13.7. The molecule has 0 aromatic heterocycles. The molecule has 18 heavy (non-hydrogen) atoms. The minimum atomic E-state index is -1.02. The maximum absolute atomic E-state index is 11.1. The van der Waals surface area contributed by atoms with Gasteiger partial charge in [-0.05, 0) is 36.5 Å². The van der Waals surface area contributed by atoms with E-state index in [-0.39, 0.29) is 5.56 Å². The van der Waals surface area contributed by atoms with E-state index in [1.807, 2.05) is 0 Å². The fraction of sp³-hybridized carbons (Fsp3) is 0.500. The Morgan fingerprint density at radius 1 is 1.39 bits per heavy atom. The van der Waals surface area contributed by atoms with Gasteiger partial charge >= 0.3 is 5.97 Å². The van der Waals surface area contributed by atoms with Crippen molar-refractivity contribution in [3.05, 3.63) is 28.8 Å². The van der Waals surface area contributed by atoms with Crippen molar-refractivity contribution in [2.24, 2.45) is 11.8 Å². The van der Waals surface area contributed by atoms with Crippen LogP contribution in [0.5, 0.6) is 5.75 Å². The summed E-state index contributed by atoms with van der Waals surface area (Å²) < 4.78 is 5.58. The first kappa shape index (κ1) is 14.8. The Labute approximate surface area is 113 Å². The van der Waals surface area contributed by atoms with Crippen molar-refractivity contribution in [3.8, 4) is 5.75 Å². The van der Waals surface area contributed by atoms with Crippen molar-refractivity contribution in [2.75, 3.05) is 6.61 Å². The molecule has 0 radical (unpaired) electrons. The molecule has 0 aliphatic carbocycles. The van der Waals surface area contributed by atoms with Crippen LogP contribution in [-0.4, -0.2) is 17.7 Å². The third-order valence-electron chi connectivity index (χ3n) is 2.57. The van der Waals surface area contributed by atoms with Gasteiger partial charge in [-0.2, -0.15) is 0 Å². The number of carboxylic acids is 1. The standard InChI is InChI=1S/C14H19ClO3/c1-9(2)6-10(3)8-18-13-5-4-11(15)7-12(13)14(16)17/h4-5,7,9-10H,6,8H2,1-3H3,(H,16,17). The van der Waals surface area contributed by atoms with Crippen LogP contribution in [0.1, 0.15) is 37.6 Å². The van der Waals surface area contributed by atoms with E-state index in [0.717, 1.165) is 6.42 Å². The second kappa shape index (κ2) is 6.64. The molecule has 0 fully saturated rings. The van der Waals surface area contributed by atoms with Gasteiger partial charge in [-0.3, -0.25) is 0 Å². The summed E-state index contributed by atoms with van der Waals surface area (Å²) in [5.41, 5.74) is 0.110. The zero-order valence-electron chi connectivity index (χ0n) is 10.9. The van der Waals surface area contributed by atoms with Crippen molar-refractivity contribution >= 4 is 17.6 Å². The van der Waals surface area contributed by atoms with Gasteiger partial charge in [0, 0.05) is 5.02 Å². The summed E-state index contributed by atoms with van der Waals surface area (Å²) in [4.78, 5) is 11.1. The van der Waals surface area contributed by atoms with Crippen molar-refractivity contribution in [3.63, 3.8) is 0 Å². The number of carbonyl (C=O) groups is 1. The topological polar surface area (TPSA) is 46.5 Å². The minimum Gasteiger partial charge on any atom is -0.492 e. The average Bonchev–Trinajstić information content (AvgIpc) is 2.26. The maximum atomic E-state index is 11.1. The Kier molecular flexibility index (Phi) is 5.48. The Morgan fingerprint density at radius 2 is 2.06 bits per heavy atom. The molecule has 4 heteroatoms. The molecule has 1 rings (SSSR count). The predicted molar refractivity (Wildman–Crippen MR) is 72.5 cm³/mol. The van der Waals surface area contributed by atoms with Crippen LogP contribution in [-0.2, 0) is 0 Å². The number of halogens is 1. The molecule has 1 unspecified atom stereocenters. The fourth-order valence-electron chi connectivity index (χ4n) is 1.90. The van der Waals surface area contributed by atoms with E-state index in [1.165, 1.54) is 6.07 Å². The molecular formula is C14H19ClO3. The Balaban J connectivity index is 2.70. The molecule has 0 heterocycles. The van der Waals surface area contributed by atoms with Gasteiger partial charge in [0.25, 0.3) is 0 Å². The lowest BCUT2D eigenvalue weighted by Gasteiger charge is -2.16. The van der Waals surface area contributed by atoms with E-state index >= 15 is 0 Å². The van der Waals surface area contributed by atoms with Crippen LogP contribution in [0.15, 0.2) is 18.2 Å². The number of ether oxygens (including phenoxy) is 1. The molecule has 3 nitrogen and oxygen atoms in total. The summed E-state index contributed by atoms with van der Waals surface area (Å²) in [6.45, 7) is 6.92. The highest BCUT2D eigenvalue weighted by Crippen LogP contribution is 2.24. The predicted octanol–water partition coefficient (Wildman–Crippen LogP) is 4.10. The van der Waals surface area contributed by atoms with Gasteiger partial charge in [-0.15, -0.1) is 0 Å².